The van der Waals surface area contributed by atoms with Crippen LogP contribution in [0.5, 0.6) is 0 Å². The van der Waals surface area contributed by atoms with Gasteiger partial charge in [0.2, 0.25) is 11.8 Å². The Morgan fingerprint density at radius 3 is 2.00 bits per heavy atom. The zero-order chi connectivity index (χ0) is 16.7. The third-order valence-electron chi connectivity index (χ3n) is 4.09. The van der Waals surface area contributed by atoms with Crippen LogP contribution in [0.15, 0.2) is 0 Å². The Morgan fingerprint density at radius 1 is 1.09 bits per heavy atom. The molecule has 1 aliphatic heterocycles. The monoisotopic (exact) mass is 311 g/mol. The molecular formula is C17H33N3O2. The van der Waals surface area contributed by atoms with E-state index in [9.17, 15) is 9.59 Å². The quantitative estimate of drug-likeness (QED) is 0.777. The van der Waals surface area contributed by atoms with Gasteiger partial charge >= 0.3 is 0 Å². The van der Waals surface area contributed by atoms with E-state index in [1.165, 1.54) is 0 Å². The van der Waals surface area contributed by atoms with Crippen molar-refractivity contribution < 1.29 is 9.59 Å². The third-order valence-corrected chi connectivity index (χ3v) is 4.09. The van der Waals surface area contributed by atoms with Crippen molar-refractivity contribution in [3.8, 4) is 0 Å². The van der Waals surface area contributed by atoms with Crippen LogP contribution in [0.25, 0.3) is 0 Å². The van der Waals surface area contributed by atoms with Crippen LogP contribution < -0.4 is 5.32 Å². The summed E-state index contributed by atoms with van der Waals surface area (Å²) in [4.78, 5) is 28.4. The number of nitrogens with one attached hydrogen (secondary N) is 1. The van der Waals surface area contributed by atoms with Crippen molar-refractivity contribution >= 4 is 11.8 Å². The molecule has 5 nitrogen and oxygen atoms in total. The molecule has 0 unspecified atom stereocenters. The number of carbonyl (C=O) groups excluding carboxylic acids is 2. The van der Waals surface area contributed by atoms with E-state index in [0.29, 0.717) is 18.4 Å². The maximum Gasteiger partial charge on any atom is 0.236 e. The molecule has 1 saturated heterocycles. The van der Waals surface area contributed by atoms with Crippen molar-refractivity contribution in [1.29, 1.82) is 0 Å². The molecule has 0 aliphatic carbocycles. The van der Waals surface area contributed by atoms with Crippen LogP contribution in [-0.4, -0.2) is 61.4 Å². The normalized spacial score (nSPS) is 17.0. The molecule has 0 aromatic carbocycles. The van der Waals surface area contributed by atoms with Gasteiger partial charge in [-0.25, -0.2) is 0 Å². The summed E-state index contributed by atoms with van der Waals surface area (Å²) in [5, 5.41) is 2.72. The van der Waals surface area contributed by atoms with E-state index >= 15 is 0 Å². The molecule has 0 radical (unpaired) electrons. The van der Waals surface area contributed by atoms with Crippen LogP contribution >= 0.6 is 0 Å². The predicted octanol–water partition coefficient (Wildman–Crippen LogP) is 1.58. The number of nitrogens with zero attached hydrogens (tertiary/aromatic N) is 2. The number of likely N-dealkylation sites (tertiary alicyclic amines) is 1. The molecule has 5 heteroatoms. The van der Waals surface area contributed by atoms with E-state index in [4.69, 9.17) is 0 Å². The van der Waals surface area contributed by atoms with Crippen LogP contribution in [0, 0.1) is 17.8 Å². The first-order valence-corrected chi connectivity index (χ1v) is 8.55. The van der Waals surface area contributed by atoms with E-state index in [1.54, 1.807) is 7.05 Å². The number of piperidine rings is 1. The molecule has 0 atom stereocenters. The molecule has 2 amide bonds. The lowest BCUT2D eigenvalue weighted by Crippen LogP contribution is -2.46. The maximum absolute atomic E-state index is 12.6. The second-order valence-electron chi connectivity index (χ2n) is 7.25. The van der Waals surface area contributed by atoms with Crippen LogP contribution in [0.2, 0.25) is 0 Å². The van der Waals surface area contributed by atoms with Crippen molar-refractivity contribution in [1.82, 2.24) is 15.1 Å². The average molecular weight is 311 g/mol. The zero-order valence-electron chi connectivity index (χ0n) is 14.9. The largest absolute Gasteiger partial charge is 0.359 e. The Hall–Kier alpha value is -1.10. The summed E-state index contributed by atoms with van der Waals surface area (Å²) in [5.74, 6) is 1.44. The van der Waals surface area contributed by atoms with E-state index in [1.807, 2.05) is 4.90 Å². The second kappa shape index (κ2) is 9.13. The van der Waals surface area contributed by atoms with Crippen molar-refractivity contribution in [3.63, 3.8) is 0 Å². The Balaban J connectivity index is 2.47. The topological polar surface area (TPSA) is 52.7 Å². The van der Waals surface area contributed by atoms with Gasteiger partial charge in [-0.3, -0.25) is 14.5 Å². The Bertz CT molecular complexity index is 351. The SMILES string of the molecule is CNC(=O)C1CCN(CC(=O)N(CC(C)C)CC(C)C)CC1. The Morgan fingerprint density at radius 2 is 1.59 bits per heavy atom. The van der Waals surface area contributed by atoms with Gasteiger partial charge in [0.25, 0.3) is 0 Å². The molecule has 128 valence electrons. The highest BCUT2D eigenvalue weighted by Gasteiger charge is 2.26. The molecule has 0 spiro atoms. The van der Waals surface area contributed by atoms with E-state index in [0.717, 1.165) is 39.0 Å². The molecule has 1 N–H and O–H groups in total. The first kappa shape index (κ1) is 18.9. The summed E-state index contributed by atoms with van der Waals surface area (Å²) in [6, 6.07) is 0. The van der Waals surface area contributed by atoms with Gasteiger partial charge in [-0.2, -0.15) is 0 Å². The van der Waals surface area contributed by atoms with E-state index in [-0.39, 0.29) is 17.7 Å². The molecule has 22 heavy (non-hydrogen) atoms. The minimum atomic E-state index is 0.110. The fraction of sp³-hybridized carbons (Fsp3) is 0.882. The summed E-state index contributed by atoms with van der Waals surface area (Å²) >= 11 is 0. The molecule has 1 rings (SSSR count). The lowest BCUT2D eigenvalue weighted by Gasteiger charge is -2.33. The fourth-order valence-electron chi connectivity index (χ4n) is 3.01. The lowest BCUT2D eigenvalue weighted by atomic mass is 9.96. The van der Waals surface area contributed by atoms with Gasteiger partial charge in [0, 0.05) is 26.1 Å². The first-order chi connectivity index (χ1) is 10.3. The van der Waals surface area contributed by atoms with Crippen LogP contribution in [-0.2, 0) is 9.59 Å². The molecular weight excluding hydrogens is 278 g/mol. The molecule has 0 aromatic heterocycles. The van der Waals surface area contributed by atoms with Crippen molar-refractivity contribution in [2.45, 2.75) is 40.5 Å². The number of hydrogen-bond acceptors (Lipinski definition) is 3. The Labute approximate surface area is 135 Å². The van der Waals surface area contributed by atoms with Gasteiger partial charge in [-0.1, -0.05) is 27.7 Å². The summed E-state index contributed by atoms with van der Waals surface area (Å²) in [5.41, 5.74) is 0. The molecule has 1 heterocycles. The summed E-state index contributed by atoms with van der Waals surface area (Å²) in [7, 11) is 1.69. The van der Waals surface area contributed by atoms with Gasteiger partial charge in [-0.15, -0.1) is 0 Å². The Kier molecular flexibility index (Phi) is 7.87. The number of carbonyl (C=O) groups is 2. The predicted molar refractivity (Wildman–Crippen MR) is 89.5 cm³/mol. The minimum absolute atomic E-state index is 0.110. The maximum atomic E-state index is 12.6. The van der Waals surface area contributed by atoms with Crippen LogP contribution in [0.3, 0.4) is 0 Å². The highest BCUT2D eigenvalue weighted by atomic mass is 16.2. The van der Waals surface area contributed by atoms with Crippen LogP contribution in [0.1, 0.15) is 40.5 Å². The molecule has 1 aliphatic rings. The van der Waals surface area contributed by atoms with Gasteiger partial charge in [0.05, 0.1) is 6.54 Å². The minimum Gasteiger partial charge on any atom is -0.359 e. The molecule has 1 fully saturated rings. The van der Waals surface area contributed by atoms with Crippen molar-refractivity contribution in [3.05, 3.63) is 0 Å². The molecule has 0 saturated carbocycles. The van der Waals surface area contributed by atoms with E-state index in [2.05, 4.69) is 37.9 Å². The van der Waals surface area contributed by atoms with Crippen molar-refractivity contribution in [2.75, 3.05) is 39.8 Å². The van der Waals surface area contributed by atoms with Gasteiger partial charge in [-0.05, 0) is 37.8 Å². The molecule has 0 bridgehead atoms. The van der Waals surface area contributed by atoms with E-state index < -0.39 is 0 Å². The van der Waals surface area contributed by atoms with Crippen LogP contribution in [0.4, 0.5) is 0 Å². The third kappa shape index (κ3) is 6.34. The number of amides is 2. The zero-order valence-corrected chi connectivity index (χ0v) is 14.9. The summed E-state index contributed by atoms with van der Waals surface area (Å²) < 4.78 is 0. The number of hydrogen-bond donors (Lipinski definition) is 1. The first-order valence-electron chi connectivity index (χ1n) is 8.55. The summed E-state index contributed by atoms with van der Waals surface area (Å²) in [6.45, 7) is 12.4. The van der Waals surface area contributed by atoms with Gasteiger partial charge in [0.15, 0.2) is 0 Å². The van der Waals surface area contributed by atoms with Crippen molar-refractivity contribution in [2.24, 2.45) is 17.8 Å². The smallest absolute Gasteiger partial charge is 0.236 e. The highest BCUT2D eigenvalue weighted by molar-refractivity contribution is 5.79. The average Bonchev–Trinajstić information content (AvgIpc) is 2.45. The number of rotatable bonds is 7. The van der Waals surface area contributed by atoms with Gasteiger partial charge < -0.3 is 10.2 Å². The lowest BCUT2D eigenvalue weighted by molar-refractivity contribution is -0.134. The summed E-state index contributed by atoms with van der Waals surface area (Å²) in [6.07, 6.45) is 1.70. The fourth-order valence-corrected chi connectivity index (χ4v) is 3.01. The highest BCUT2D eigenvalue weighted by Crippen LogP contribution is 2.17. The van der Waals surface area contributed by atoms with Gasteiger partial charge in [0.1, 0.15) is 0 Å². The standard InChI is InChI=1S/C17H33N3O2/c1-13(2)10-20(11-14(3)4)16(21)12-19-8-6-15(7-9-19)17(22)18-5/h13-15H,6-12H2,1-5H3,(H,18,22). The second-order valence-corrected chi connectivity index (χ2v) is 7.25. The molecule has 0 aromatic rings.